The Morgan fingerprint density at radius 3 is 2.75 bits per heavy atom. The van der Waals surface area contributed by atoms with Crippen LogP contribution in [0.3, 0.4) is 0 Å². The van der Waals surface area contributed by atoms with E-state index in [1.54, 1.807) is 0 Å². The van der Waals surface area contributed by atoms with Crippen LogP contribution in [0.2, 0.25) is 0 Å². The van der Waals surface area contributed by atoms with Crippen molar-refractivity contribution in [1.29, 1.82) is 0 Å². The molecule has 6 heteroatoms. The maximum Gasteiger partial charge on any atom is 0.327 e. The second-order valence-corrected chi connectivity index (χ2v) is 7.44. The van der Waals surface area contributed by atoms with Gasteiger partial charge in [-0.05, 0) is 50.1 Å². The van der Waals surface area contributed by atoms with E-state index in [1.807, 2.05) is 15.9 Å². The summed E-state index contributed by atoms with van der Waals surface area (Å²) in [5.74, 6) is 0.425. The number of carbonyl (C=O) groups is 1. The first-order valence-electron chi connectivity index (χ1n) is 8.86. The molecule has 1 fully saturated rings. The second-order valence-electron chi connectivity index (χ2n) is 6.69. The maximum absolute atomic E-state index is 13.1. The first kappa shape index (κ1) is 18.9. The summed E-state index contributed by atoms with van der Waals surface area (Å²) in [6.07, 6.45) is 5.92. The number of nitrogens with zero attached hydrogens (tertiary/aromatic N) is 3. The zero-order chi connectivity index (χ0) is 17.7. The average Bonchev–Trinajstić information content (AvgIpc) is 2.93. The molecule has 24 heavy (non-hydrogen) atoms. The van der Waals surface area contributed by atoms with Crippen LogP contribution in [0.1, 0.15) is 51.3 Å². The molecule has 2 amide bonds. The van der Waals surface area contributed by atoms with E-state index in [0.29, 0.717) is 19.3 Å². The largest absolute Gasteiger partial charge is 0.327 e. The highest BCUT2D eigenvalue weighted by atomic mass is 32.1. The zero-order valence-corrected chi connectivity index (χ0v) is 16.2. The molecule has 1 atom stereocenters. The first-order valence-corrected chi connectivity index (χ1v) is 9.63. The summed E-state index contributed by atoms with van der Waals surface area (Å²) in [6.45, 7) is 13.5. The highest BCUT2D eigenvalue weighted by molar-refractivity contribution is 7.10. The average molecular weight is 351 g/mol. The summed E-state index contributed by atoms with van der Waals surface area (Å²) in [4.78, 5) is 17.0. The number of amides is 2. The first-order chi connectivity index (χ1) is 11.5. The van der Waals surface area contributed by atoms with Gasteiger partial charge >= 0.3 is 6.03 Å². The summed E-state index contributed by atoms with van der Waals surface area (Å²) >= 11 is 1.43. The quantitative estimate of drug-likeness (QED) is 0.566. The van der Waals surface area contributed by atoms with Gasteiger partial charge in [-0.25, -0.2) is 4.79 Å². The molecule has 0 bridgehead atoms. The number of hydrogen-bond acceptors (Lipinski definition) is 4. The third-order valence-corrected chi connectivity index (χ3v) is 5.69. The van der Waals surface area contributed by atoms with Gasteiger partial charge in [-0.3, -0.25) is 10.2 Å². The molecular formula is C18H30N4OS. The number of carbonyl (C=O) groups excluding carboxylic acids is 1. The van der Waals surface area contributed by atoms with Crippen molar-refractivity contribution in [2.24, 2.45) is 5.92 Å². The summed E-state index contributed by atoms with van der Waals surface area (Å²) in [5.41, 5.74) is 2.22. The van der Waals surface area contributed by atoms with Gasteiger partial charge in [0.15, 0.2) is 0 Å². The lowest BCUT2D eigenvalue weighted by molar-refractivity contribution is 0.135. The molecule has 1 saturated heterocycles. The molecular weight excluding hydrogens is 320 g/mol. The van der Waals surface area contributed by atoms with Crippen LogP contribution in [-0.4, -0.2) is 34.7 Å². The summed E-state index contributed by atoms with van der Waals surface area (Å²) in [7, 11) is 0. The minimum atomic E-state index is 0.0976. The molecule has 2 heterocycles. The smallest absolute Gasteiger partial charge is 0.308 e. The number of aromatic nitrogens is 1. The highest BCUT2D eigenvalue weighted by Gasteiger charge is 2.34. The van der Waals surface area contributed by atoms with E-state index < -0.39 is 0 Å². The van der Waals surface area contributed by atoms with Gasteiger partial charge in [-0.15, -0.1) is 6.58 Å². The fraction of sp³-hybridized carbons (Fsp3) is 0.667. The second kappa shape index (κ2) is 8.62. The Kier molecular flexibility index (Phi) is 6.80. The number of unbranched alkanes of at least 4 members (excludes halogenated alkanes) is 1. The van der Waals surface area contributed by atoms with Crippen LogP contribution in [-0.2, 0) is 6.42 Å². The fourth-order valence-corrected chi connectivity index (χ4v) is 4.21. The molecule has 134 valence electrons. The van der Waals surface area contributed by atoms with Gasteiger partial charge in [0.1, 0.15) is 5.00 Å². The molecule has 1 unspecified atom stereocenters. The van der Waals surface area contributed by atoms with E-state index >= 15 is 0 Å². The van der Waals surface area contributed by atoms with Crippen LogP contribution in [0, 0.1) is 12.8 Å². The number of allylic oxidation sites excluding steroid dienone is 1. The van der Waals surface area contributed by atoms with E-state index in [-0.39, 0.29) is 12.1 Å². The minimum absolute atomic E-state index is 0.0976. The molecule has 0 radical (unpaired) electrons. The number of rotatable bonds is 8. The van der Waals surface area contributed by atoms with Gasteiger partial charge in [0.25, 0.3) is 0 Å². The van der Waals surface area contributed by atoms with E-state index in [2.05, 4.69) is 44.0 Å². The fourth-order valence-electron chi connectivity index (χ4n) is 3.25. The lowest BCUT2D eigenvalue weighted by Crippen LogP contribution is -2.60. The summed E-state index contributed by atoms with van der Waals surface area (Å²) in [6, 6.07) is 0.340. The van der Waals surface area contributed by atoms with Gasteiger partial charge in [0, 0.05) is 11.6 Å². The maximum atomic E-state index is 13.1. The molecule has 1 N–H and O–H groups in total. The summed E-state index contributed by atoms with van der Waals surface area (Å²) < 4.78 is 4.50. The van der Waals surface area contributed by atoms with E-state index in [9.17, 15) is 4.79 Å². The topological polar surface area (TPSA) is 48.5 Å². The third-order valence-electron chi connectivity index (χ3n) is 4.68. The van der Waals surface area contributed by atoms with Crippen molar-refractivity contribution in [3.63, 3.8) is 0 Å². The number of anilines is 1. The Hall–Kier alpha value is -1.40. The Morgan fingerprint density at radius 2 is 2.17 bits per heavy atom. The lowest BCUT2D eigenvalue weighted by Gasteiger charge is -2.41. The van der Waals surface area contributed by atoms with Gasteiger partial charge in [0.05, 0.1) is 19.0 Å². The Labute approximate surface area is 149 Å². The Morgan fingerprint density at radius 1 is 1.42 bits per heavy atom. The van der Waals surface area contributed by atoms with Crippen molar-refractivity contribution in [1.82, 2.24) is 14.6 Å². The van der Waals surface area contributed by atoms with Crippen LogP contribution in [0.25, 0.3) is 0 Å². The van der Waals surface area contributed by atoms with Gasteiger partial charge < -0.3 is 4.90 Å². The van der Waals surface area contributed by atoms with Crippen molar-refractivity contribution in [2.75, 3.05) is 18.2 Å². The zero-order valence-electron chi connectivity index (χ0n) is 15.3. The normalized spacial score (nSPS) is 16.8. The monoisotopic (exact) mass is 350 g/mol. The molecule has 2 rings (SSSR count). The van der Waals surface area contributed by atoms with Crippen LogP contribution < -0.4 is 10.2 Å². The molecule has 0 spiro atoms. The molecule has 0 saturated carbocycles. The van der Waals surface area contributed by atoms with Crippen molar-refractivity contribution in [3.05, 3.63) is 23.9 Å². The molecule has 0 aromatic carbocycles. The van der Waals surface area contributed by atoms with Crippen molar-refractivity contribution in [2.45, 2.75) is 59.4 Å². The van der Waals surface area contributed by atoms with Crippen LogP contribution >= 0.6 is 11.5 Å². The molecule has 0 aliphatic carbocycles. The van der Waals surface area contributed by atoms with Crippen LogP contribution in [0.15, 0.2) is 12.7 Å². The minimum Gasteiger partial charge on any atom is -0.308 e. The SMILES string of the molecule is C=CCCCC(C(C)C)N1CNCN(c2snc(CC)c2C)C1=O. The number of nitrogens with one attached hydrogen (secondary N) is 1. The van der Waals surface area contributed by atoms with E-state index in [0.717, 1.165) is 41.9 Å². The summed E-state index contributed by atoms with van der Waals surface area (Å²) in [5, 5.41) is 4.36. The van der Waals surface area contributed by atoms with Gasteiger partial charge in [-0.1, -0.05) is 26.8 Å². The number of urea groups is 1. The standard InChI is InChI=1S/C18H30N4OS/c1-6-8-9-10-16(13(3)4)21-11-19-12-22(18(21)23)17-14(5)15(7-2)20-24-17/h6,13,16,19H,1,7-12H2,2-5H3. The van der Waals surface area contributed by atoms with E-state index in [1.165, 1.54) is 11.5 Å². The van der Waals surface area contributed by atoms with Crippen molar-refractivity contribution >= 4 is 22.6 Å². The van der Waals surface area contributed by atoms with Gasteiger partial charge in [0.2, 0.25) is 0 Å². The Balaban J connectivity index is 2.18. The van der Waals surface area contributed by atoms with E-state index in [4.69, 9.17) is 0 Å². The van der Waals surface area contributed by atoms with Crippen LogP contribution in [0.4, 0.5) is 9.80 Å². The predicted octanol–water partition coefficient (Wildman–Crippen LogP) is 4.14. The third kappa shape index (κ3) is 3.98. The van der Waals surface area contributed by atoms with Crippen LogP contribution in [0.5, 0.6) is 0 Å². The van der Waals surface area contributed by atoms with Gasteiger partial charge in [-0.2, -0.15) is 4.37 Å². The lowest BCUT2D eigenvalue weighted by atomic mass is 9.97. The highest BCUT2D eigenvalue weighted by Crippen LogP contribution is 2.31. The number of aryl methyl sites for hydroxylation is 1. The predicted molar refractivity (Wildman–Crippen MR) is 101 cm³/mol. The molecule has 1 aliphatic heterocycles. The van der Waals surface area contributed by atoms with Crippen molar-refractivity contribution in [3.8, 4) is 0 Å². The molecule has 1 aliphatic rings. The molecule has 1 aromatic heterocycles. The molecule has 5 nitrogen and oxygen atoms in total. The Bertz CT molecular complexity index is 569. The van der Waals surface area contributed by atoms with Crippen molar-refractivity contribution < 1.29 is 4.79 Å². The molecule has 1 aromatic rings. The number of hydrogen-bond donors (Lipinski definition) is 1.